The molecule has 5 rings (SSSR count). The first kappa shape index (κ1) is 18.1. The third-order valence-corrected chi connectivity index (χ3v) is 5.29. The van der Waals surface area contributed by atoms with E-state index in [4.69, 9.17) is 14.2 Å². The predicted molar refractivity (Wildman–Crippen MR) is 109 cm³/mol. The van der Waals surface area contributed by atoms with Crippen molar-refractivity contribution in [3.05, 3.63) is 88.9 Å². The number of methoxy groups -OCH3 is 1. The molecule has 3 heterocycles. The molecule has 148 valence electrons. The number of benzene rings is 2. The van der Waals surface area contributed by atoms with Crippen LogP contribution >= 0.6 is 0 Å². The van der Waals surface area contributed by atoms with Crippen molar-refractivity contribution in [2.24, 2.45) is 0 Å². The number of hydrogen-bond acceptors (Lipinski definition) is 6. The predicted octanol–water partition coefficient (Wildman–Crippen LogP) is 4.15. The Morgan fingerprint density at radius 3 is 2.73 bits per heavy atom. The topological polar surface area (TPSA) is 74.7 Å². The third-order valence-electron chi connectivity index (χ3n) is 5.29. The van der Waals surface area contributed by atoms with E-state index in [2.05, 4.69) is 4.98 Å². The fraction of sp³-hybridized carbons (Fsp3) is 0.125. The molecule has 0 spiro atoms. The van der Waals surface area contributed by atoms with Gasteiger partial charge in [-0.25, -0.2) is 0 Å². The Morgan fingerprint density at radius 2 is 1.93 bits per heavy atom. The maximum absolute atomic E-state index is 13.0. The Labute approximate surface area is 172 Å². The number of aromatic nitrogens is 1. The number of para-hydroxylation sites is 1. The summed E-state index contributed by atoms with van der Waals surface area (Å²) >= 11 is 0. The van der Waals surface area contributed by atoms with Gasteiger partial charge in [-0.1, -0.05) is 24.3 Å². The van der Waals surface area contributed by atoms with Crippen LogP contribution in [0.4, 0.5) is 0 Å². The first-order valence-corrected chi connectivity index (χ1v) is 9.50. The molecule has 0 unspecified atom stereocenters. The fourth-order valence-corrected chi connectivity index (χ4v) is 3.90. The zero-order valence-corrected chi connectivity index (χ0v) is 16.1. The van der Waals surface area contributed by atoms with E-state index in [1.807, 2.05) is 36.4 Å². The number of allylic oxidation sites excluding steroid dienone is 1. The Hall–Kier alpha value is -3.93. The molecule has 0 saturated heterocycles. The van der Waals surface area contributed by atoms with E-state index < -0.39 is 0 Å². The molecular formula is C24H17NO5. The van der Waals surface area contributed by atoms with Crippen molar-refractivity contribution in [1.29, 1.82) is 0 Å². The van der Waals surface area contributed by atoms with Gasteiger partial charge in [-0.15, -0.1) is 0 Å². The van der Waals surface area contributed by atoms with E-state index in [1.54, 1.807) is 37.7 Å². The molecule has 0 saturated carbocycles. The molecule has 0 N–H and O–H groups in total. The van der Waals surface area contributed by atoms with Crippen LogP contribution in [0.2, 0.25) is 0 Å². The van der Waals surface area contributed by atoms with Crippen molar-refractivity contribution in [2.45, 2.75) is 12.3 Å². The average molecular weight is 399 g/mol. The van der Waals surface area contributed by atoms with Gasteiger partial charge in [0.1, 0.15) is 17.2 Å². The summed E-state index contributed by atoms with van der Waals surface area (Å²) in [7, 11) is 1.58. The maximum atomic E-state index is 13.0. The third kappa shape index (κ3) is 2.93. The highest BCUT2D eigenvalue weighted by Crippen LogP contribution is 2.48. The van der Waals surface area contributed by atoms with Crippen molar-refractivity contribution in [2.75, 3.05) is 7.11 Å². The first-order chi connectivity index (χ1) is 14.7. The van der Waals surface area contributed by atoms with E-state index in [9.17, 15) is 9.59 Å². The van der Waals surface area contributed by atoms with E-state index in [1.165, 1.54) is 0 Å². The summed E-state index contributed by atoms with van der Waals surface area (Å²) in [6, 6.07) is 14.4. The quantitative estimate of drug-likeness (QED) is 0.374. The number of pyridine rings is 1. The summed E-state index contributed by atoms with van der Waals surface area (Å²) in [5, 5.41) is 0. The number of hydrogen-bond donors (Lipinski definition) is 0. The maximum Gasteiger partial charge on any atom is 0.312 e. The molecule has 6 nitrogen and oxygen atoms in total. The lowest BCUT2D eigenvalue weighted by Gasteiger charge is -2.26. The summed E-state index contributed by atoms with van der Waals surface area (Å²) in [6.07, 6.45) is 5.21. The zero-order chi connectivity index (χ0) is 20.7. The van der Waals surface area contributed by atoms with Crippen molar-refractivity contribution in [3.8, 4) is 17.2 Å². The van der Waals surface area contributed by atoms with Crippen LogP contribution < -0.4 is 14.2 Å². The minimum Gasteiger partial charge on any atom is -0.496 e. The van der Waals surface area contributed by atoms with Crippen molar-refractivity contribution < 1.29 is 23.8 Å². The molecule has 3 aromatic rings. The number of esters is 1. The summed E-state index contributed by atoms with van der Waals surface area (Å²) in [5.41, 5.74) is 2.74. The molecular weight excluding hydrogens is 382 g/mol. The second-order valence-corrected chi connectivity index (χ2v) is 7.05. The molecule has 0 amide bonds. The number of fused-ring (bicyclic) bond motifs is 3. The molecule has 1 atom stereocenters. The van der Waals surface area contributed by atoms with Gasteiger partial charge in [-0.3, -0.25) is 14.6 Å². The minimum atomic E-state index is -0.328. The van der Waals surface area contributed by atoms with Crippen LogP contribution in [0, 0.1) is 0 Å². The van der Waals surface area contributed by atoms with Crippen molar-refractivity contribution >= 4 is 17.8 Å². The number of carbonyl (C=O) groups is 2. The van der Waals surface area contributed by atoms with Gasteiger partial charge in [0.15, 0.2) is 5.76 Å². The first-order valence-electron chi connectivity index (χ1n) is 9.50. The number of ketones is 1. The Kier molecular flexibility index (Phi) is 4.32. The van der Waals surface area contributed by atoms with Crippen molar-refractivity contribution in [3.63, 3.8) is 0 Å². The van der Waals surface area contributed by atoms with Crippen LogP contribution in [0.25, 0.3) is 6.08 Å². The lowest BCUT2D eigenvalue weighted by molar-refractivity contribution is -0.135. The molecule has 2 aliphatic heterocycles. The molecule has 2 aliphatic rings. The normalized spacial score (nSPS) is 18.4. The summed E-state index contributed by atoms with van der Waals surface area (Å²) in [4.78, 5) is 29.4. The number of Topliss-reactive ketones (excluding diaryl/α,β-unsaturated/α-hetero) is 1. The lowest BCUT2D eigenvalue weighted by atomic mass is 9.85. The van der Waals surface area contributed by atoms with Crippen LogP contribution in [-0.2, 0) is 4.79 Å². The van der Waals surface area contributed by atoms with Gasteiger partial charge in [0, 0.05) is 29.4 Å². The van der Waals surface area contributed by atoms with E-state index in [0.717, 1.165) is 11.1 Å². The Balaban J connectivity index is 1.62. The van der Waals surface area contributed by atoms with Crippen LogP contribution in [0.5, 0.6) is 17.2 Å². The molecule has 0 aliphatic carbocycles. The van der Waals surface area contributed by atoms with Gasteiger partial charge in [0.05, 0.1) is 19.1 Å². The lowest BCUT2D eigenvalue weighted by Crippen LogP contribution is -2.21. The number of nitrogens with zero attached hydrogens (tertiary/aromatic N) is 1. The van der Waals surface area contributed by atoms with Crippen LogP contribution in [0.1, 0.15) is 39.4 Å². The van der Waals surface area contributed by atoms with Gasteiger partial charge in [-0.2, -0.15) is 0 Å². The second kappa shape index (κ2) is 7.15. The summed E-state index contributed by atoms with van der Waals surface area (Å²) < 4.78 is 16.9. The molecule has 1 aromatic heterocycles. The summed E-state index contributed by atoms with van der Waals surface area (Å²) in [5.74, 6) is 0.825. The highest BCUT2D eigenvalue weighted by atomic mass is 16.5. The number of carbonyl (C=O) groups excluding carboxylic acids is 2. The van der Waals surface area contributed by atoms with Gasteiger partial charge in [0.2, 0.25) is 5.78 Å². The van der Waals surface area contributed by atoms with Gasteiger partial charge in [-0.05, 0) is 35.9 Å². The summed E-state index contributed by atoms with van der Waals surface area (Å²) in [6.45, 7) is 0. The minimum absolute atomic E-state index is 0.151. The molecule has 0 fully saturated rings. The molecule has 6 heteroatoms. The van der Waals surface area contributed by atoms with Crippen LogP contribution in [0.15, 0.2) is 66.7 Å². The van der Waals surface area contributed by atoms with E-state index in [-0.39, 0.29) is 29.9 Å². The smallest absolute Gasteiger partial charge is 0.312 e. The zero-order valence-electron chi connectivity index (χ0n) is 16.1. The Morgan fingerprint density at radius 1 is 1.07 bits per heavy atom. The van der Waals surface area contributed by atoms with Crippen LogP contribution in [0.3, 0.4) is 0 Å². The molecule has 0 radical (unpaired) electrons. The molecule has 30 heavy (non-hydrogen) atoms. The number of ether oxygens (including phenoxy) is 3. The van der Waals surface area contributed by atoms with Gasteiger partial charge < -0.3 is 14.2 Å². The molecule has 0 bridgehead atoms. The van der Waals surface area contributed by atoms with Gasteiger partial charge >= 0.3 is 5.97 Å². The highest BCUT2D eigenvalue weighted by Gasteiger charge is 2.38. The number of rotatable bonds is 3. The van der Waals surface area contributed by atoms with E-state index in [0.29, 0.717) is 28.4 Å². The van der Waals surface area contributed by atoms with Crippen molar-refractivity contribution in [1.82, 2.24) is 4.98 Å². The largest absolute Gasteiger partial charge is 0.496 e. The Bertz CT molecular complexity index is 1200. The average Bonchev–Trinajstić information content (AvgIpc) is 3.09. The standard InChI is InChI=1S/C24H17NO5/c1-28-18-7-3-2-5-14(18)11-20-23(27)16-8-9-19-22(24(16)30-20)17(12-21(26)29-19)15-6-4-10-25-13-15/h2-11,13,17H,12H2,1H3/b20-11-/t17-/m0/s1. The fourth-order valence-electron chi connectivity index (χ4n) is 3.90. The second-order valence-electron chi connectivity index (χ2n) is 7.05. The monoisotopic (exact) mass is 399 g/mol. The van der Waals surface area contributed by atoms with Crippen LogP contribution in [-0.4, -0.2) is 23.8 Å². The van der Waals surface area contributed by atoms with E-state index >= 15 is 0 Å². The van der Waals surface area contributed by atoms with Gasteiger partial charge in [0.25, 0.3) is 0 Å². The SMILES string of the molecule is COc1ccccc1/C=C1\Oc2c(ccc3c2[C@H](c2cccnc2)CC(=O)O3)C1=O. The molecule has 2 aromatic carbocycles. The highest BCUT2D eigenvalue weighted by molar-refractivity contribution is 6.15.